The van der Waals surface area contributed by atoms with Crippen molar-refractivity contribution in [3.05, 3.63) is 56.7 Å². The van der Waals surface area contributed by atoms with E-state index in [9.17, 15) is 12.8 Å². The third-order valence-corrected chi connectivity index (χ3v) is 5.78. The maximum Gasteiger partial charge on any atom is 0.183 e. The minimum atomic E-state index is -3.65. The second kappa shape index (κ2) is 5.83. The normalized spacial score (nSPS) is 11.6. The van der Waals surface area contributed by atoms with Crippen molar-refractivity contribution in [2.75, 3.05) is 5.73 Å². The zero-order valence-electron chi connectivity index (χ0n) is 10.1. The van der Waals surface area contributed by atoms with E-state index in [1.54, 1.807) is 6.07 Å². The van der Waals surface area contributed by atoms with Crippen LogP contribution in [0.5, 0.6) is 0 Å². The number of sulfone groups is 1. The molecule has 0 amide bonds. The van der Waals surface area contributed by atoms with Gasteiger partial charge in [0.05, 0.1) is 10.6 Å². The molecule has 2 N–H and O–H groups in total. The van der Waals surface area contributed by atoms with Crippen LogP contribution in [-0.2, 0) is 15.6 Å². The van der Waals surface area contributed by atoms with E-state index in [1.165, 1.54) is 30.3 Å². The third-order valence-electron chi connectivity index (χ3n) is 2.65. The number of rotatable bonds is 3. The Morgan fingerprint density at radius 3 is 2.40 bits per heavy atom. The molecule has 0 heterocycles. The van der Waals surface area contributed by atoms with E-state index in [4.69, 9.17) is 5.73 Å². The van der Waals surface area contributed by atoms with Crippen LogP contribution in [0.1, 0.15) is 5.56 Å². The average Bonchev–Trinajstić information content (AvgIpc) is 2.32. The summed E-state index contributed by atoms with van der Waals surface area (Å²) < 4.78 is 39.3. The molecule has 0 fully saturated rings. The minimum Gasteiger partial charge on any atom is -0.399 e. The highest BCUT2D eigenvalue weighted by Gasteiger charge is 2.20. The first-order chi connectivity index (χ1) is 9.29. The molecular weight excluding hydrogens is 413 g/mol. The van der Waals surface area contributed by atoms with E-state index in [0.29, 0.717) is 14.6 Å². The standard InChI is InChI=1S/C13H10Br2FNO2S/c14-9-2-1-8(12(16)5-9)7-20(18,19)13-4-3-10(17)6-11(13)15/h1-6H,7,17H2. The van der Waals surface area contributed by atoms with Crippen LogP contribution >= 0.6 is 31.9 Å². The highest BCUT2D eigenvalue weighted by atomic mass is 79.9. The molecule has 0 unspecified atom stereocenters. The summed E-state index contributed by atoms with van der Waals surface area (Å²) in [4.78, 5) is 0.0917. The summed E-state index contributed by atoms with van der Waals surface area (Å²) in [6, 6.07) is 8.70. The van der Waals surface area contributed by atoms with Crippen LogP contribution in [-0.4, -0.2) is 8.42 Å². The van der Waals surface area contributed by atoms with Gasteiger partial charge in [-0.3, -0.25) is 0 Å². The van der Waals surface area contributed by atoms with Crippen LogP contribution in [0.25, 0.3) is 0 Å². The molecule has 2 aromatic carbocycles. The highest BCUT2D eigenvalue weighted by Crippen LogP contribution is 2.28. The van der Waals surface area contributed by atoms with Crippen molar-refractivity contribution in [1.82, 2.24) is 0 Å². The molecule has 0 aliphatic rings. The first-order valence-electron chi connectivity index (χ1n) is 5.51. The lowest BCUT2D eigenvalue weighted by Gasteiger charge is -2.08. The maximum absolute atomic E-state index is 13.7. The van der Waals surface area contributed by atoms with Gasteiger partial charge in [-0.2, -0.15) is 0 Å². The van der Waals surface area contributed by atoms with Gasteiger partial charge < -0.3 is 5.73 Å². The maximum atomic E-state index is 13.7. The van der Waals surface area contributed by atoms with Crippen molar-refractivity contribution in [2.24, 2.45) is 0 Å². The van der Waals surface area contributed by atoms with Crippen LogP contribution in [0, 0.1) is 5.82 Å². The lowest BCUT2D eigenvalue weighted by Crippen LogP contribution is -2.07. The Kier molecular flexibility index (Phi) is 4.51. The van der Waals surface area contributed by atoms with Gasteiger partial charge in [-0.15, -0.1) is 0 Å². The number of hydrogen-bond donors (Lipinski definition) is 1. The van der Waals surface area contributed by atoms with E-state index in [1.807, 2.05) is 0 Å². The molecule has 0 aromatic heterocycles. The number of hydrogen-bond acceptors (Lipinski definition) is 3. The smallest absolute Gasteiger partial charge is 0.183 e. The van der Waals surface area contributed by atoms with Crippen molar-refractivity contribution in [3.8, 4) is 0 Å². The SMILES string of the molecule is Nc1ccc(S(=O)(=O)Cc2ccc(Br)cc2F)c(Br)c1. The summed E-state index contributed by atoms with van der Waals surface area (Å²) >= 11 is 6.30. The van der Waals surface area contributed by atoms with Gasteiger partial charge in [-0.1, -0.05) is 22.0 Å². The van der Waals surface area contributed by atoms with Gasteiger partial charge in [0.15, 0.2) is 9.84 Å². The molecule has 7 heteroatoms. The molecule has 0 saturated carbocycles. The van der Waals surface area contributed by atoms with Gasteiger partial charge in [0.25, 0.3) is 0 Å². The zero-order valence-corrected chi connectivity index (χ0v) is 14.1. The summed E-state index contributed by atoms with van der Waals surface area (Å²) in [6.45, 7) is 0. The van der Waals surface area contributed by atoms with E-state index < -0.39 is 21.4 Å². The molecule has 0 spiro atoms. The van der Waals surface area contributed by atoms with Gasteiger partial charge in [0, 0.05) is 20.2 Å². The van der Waals surface area contributed by atoms with Gasteiger partial charge >= 0.3 is 0 Å². The Morgan fingerprint density at radius 1 is 1.10 bits per heavy atom. The molecule has 20 heavy (non-hydrogen) atoms. The van der Waals surface area contributed by atoms with Crippen molar-refractivity contribution in [3.63, 3.8) is 0 Å². The van der Waals surface area contributed by atoms with Gasteiger partial charge in [-0.05, 0) is 46.3 Å². The molecule has 0 radical (unpaired) electrons. The van der Waals surface area contributed by atoms with E-state index >= 15 is 0 Å². The number of nitrogen functional groups attached to an aromatic ring is 1. The summed E-state index contributed by atoms with van der Waals surface area (Å²) in [7, 11) is -3.65. The molecule has 0 aliphatic heterocycles. The van der Waals surface area contributed by atoms with Crippen molar-refractivity contribution < 1.29 is 12.8 Å². The summed E-state index contributed by atoms with van der Waals surface area (Å²) in [5.41, 5.74) is 6.15. The second-order valence-corrected chi connectivity index (χ2v) is 7.91. The largest absolute Gasteiger partial charge is 0.399 e. The van der Waals surface area contributed by atoms with E-state index in [-0.39, 0.29) is 10.5 Å². The lowest BCUT2D eigenvalue weighted by molar-refractivity contribution is 0.586. The van der Waals surface area contributed by atoms with Crippen LogP contribution in [0.15, 0.2) is 50.2 Å². The summed E-state index contributed by atoms with van der Waals surface area (Å²) in [6.07, 6.45) is 0. The number of benzene rings is 2. The van der Waals surface area contributed by atoms with Crippen LogP contribution in [0.4, 0.5) is 10.1 Å². The molecule has 106 valence electrons. The van der Waals surface area contributed by atoms with Gasteiger partial charge in [0.2, 0.25) is 0 Å². The topological polar surface area (TPSA) is 60.2 Å². The van der Waals surface area contributed by atoms with E-state index in [2.05, 4.69) is 31.9 Å². The van der Waals surface area contributed by atoms with Crippen LogP contribution < -0.4 is 5.73 Å². The van der Waals surface area contributed by atoms with Crippen molar-refractivity contribution >= 4 is 47.4 Å². The fourth-order valence-electron chi connectivity index (χ4n) is 1.69. The molecule has 3 nitrogen and oxygen atoms in total. The predicted molar refractivity (Wildman–Crippen MR) is 83.5 cm³/mol. The Morgan fingerprint density at radius 2 is 1.80 bits per heavy atom. The number of nitrogens with two attached hydrogens (primary N) is 1. The first-order valence-corrected chi connectivity index (χ1v) is 8.75. The van der Waals surface area contributed by atoms with Crippen LogP contribution in [0.2, 0.25) is 0 Å². The fourth-order valence-corrected chi connectivity index (χ4v) is 4.59. The molecule has 0 aliphatic carbocycles. The number of halogens is 3. The van der Waals surface area contributed by atoms with Gasteiger partial charge in [-0.25, -0.2) is 12.8 Å². The fraction of sp³-hybridized carbons (Fsp3) is 0.0769. The molecule has 2 aromatic rings. The zero-order chi connectivity index (χ0) is 14.9. The Hall–Kier alpha value is -0.920. The lowest BCUT2D eigenvalue weighted by atomic mass is 10.2. The summed E-state index contributed by atoms with van der Waals surface area (Å²) in [5.74, 6) is -0.969. The highest BCUT2D eigenvalue weighted by molar-refractivity contribution is 9.10. The first kappa shape index (κ1) is 15.5. The monoisotopic (exact) mass is 421 g/mol. The Bertz CT molecular complexity index is 763. The minimum absolute atomic E-state index is 0.0917. The number of anilines is 1. The van der Waals surface area contributed by atoms with Gasteiger partial charge in [0.1, 0.15) is 5.82 Å². The quantitative estimate of drug-likeness (QED) is 0.763. The molecule has 0 bridgehead atoms. The van der Waals surface area contributed by atoms with Crippen molar-refractivity contribution in [1.29, 1.82) is 0 Å². The average molecular weight is 423 g/mol. The molecule has 0 saturated heterocycles. The molecular formula is C13H10Br2FNO2S. The third kappa shape index (κ3) is 3.39. The second-order valence-electron chi connectivity index (χ2n) is 4.18. The molecule has 2 rings (SSSR count). The van der Waals surface area contributed by atoms with E-state index in [0.717, 1.165) is 0 Å². The Labute approximate surface area is 133 Å². The Balaban J connectivity index is 2.41. The summed E-state index contributed by atoms with van der Waals surface area (Å²) in [5, 5.41) is 0. The predicted octanol–water partition coefficient (Wildman–Crippen LogP) is 3.91. The van der Waals surface area contributed by atoms with Crippen LogP contribution in [0.3, 0.4) is 0 Å². The molecule has 0 atom stereocenters. The van der Waals surface area contributed by atoms with Crippen molar-refractivity contribution in [2.45, 2.75) is 10.6 Å².